The molecule has 2 heteroatoms. The van der Waals surface area contributed by atoms with Gasteiger partial charge in [0.2, 0.25) is 0 Å². The molecule has 0 aromatic carbocycles. The Hall–Kier alpha value is -1.44. The first kappa shape index (κ1) is 11.6. The molecule has 0 saturated carbocycles. The van der Waals surface area contributed by atoms with Gasteiger partial charge in [-0.2, -0.15) is 0 Å². The van der Waals surface area contributed by atoms with Gasteiger partial charge >= 0.3 is 0 Å². The van der Waals surface area contributed by atoms with Crippen molar-refractivity contribution in [2.45, 2.75) is 32.8 Å². The van der Waals surface area contributed by atoms with Crippen LogP contribution >= 0.6 is 0 Å². The molecule has 0 aliphatic carbocycles. The molecule has 1 aliphatic rings. The Balaban J connectivity index is 2.61. The molecule has 15 heavy (non-hydrogen) atoms. The molecule has 1 aliphatic heterocycles. The minimum Gasteiger partial charge on any atom is -0.487 e. The van der Waals surface area contributed by atoms with Crippen molar-refractivity contribution in [3.63, 3.8) is 0 Å². The summed E-state index contributed by atoms with van der Waals surface area (Å²) in [5, 5.41) is 0. The largest absolute Gasteiger partial charge is 0.487 e. The first-order valence-corrected chi connectivity index (χ1v) is 5.13. The second kappa shape index (κ2) is 4.39. The third kappa shape index (κ3) is 3.31. The van der Waals surface area contributed by atoms with Crippen LogP contribution < -0.4 is 5.73 Å². The van der Waals surface area contributed by atoms with Crippen LogP contribution in [0.1, 0.15) is 27.2 Å². The topological polar surface area (TPSA) is 35.2 Å². The zero-order valence-corrected chi connectivity index (χ0v) is 9.71. The van der Waals surface area contributed by atoms with Crippen molar-refractivity contribution in [3.05, 3.63) is 47.9 Å². The molecule has 0 bridgehead atoms. The molecule has 0 aromatic rings. The number of allylic oxidation sites excluding steroid dienone is 3. The molecule has 1 rings (SSSR count). The second-order valence-electron chi connectivity index (χ2n) is 4.28. The lowest BCUT2D eigenvalue weighted by molar-refractivity contribution is 0.0668. The van der Waals surface area contributed by atoms with Crippen LogP contribution in [0.15, 0.2) is 47.9 Å². The van der Waals surface area contributed by atoms with Gasteiger partial charge in [0.25, 0.3) is 0 Å². The van der Waals surface area contributed by atoms with Crippen LogP contribution in [0.4, 0.5) is 0 Å². The quantitative estimate of drug-likeness (QED) is 0.719. The van der Waals surface area contributed by atoms with Crippen LogP contribution in [-0.4, -0.2) is 5.60 Å². The van der Waals surface area contributed by atoms with Crippen molar-refractivity contribution in [2.24, 2.45) is 5.73 Å². The van der Waals surface area contributed by atoms with E-state index in [1.165, 1.54) is 0 Å². The van der Waals surface area contributed by atoms with E-state index in [9.17, 15) is 0 Å². The van der Waals surface area contributed by atoms with Gasteiger partial charge < -0.3 is 10.5 Å². The van der Waals surface area contributed by atoms with Gasteiger partial charge in [-0.15, -0.1) is 0 Å². The Bertz CT molecular complexity index is 346. The van der Waals surface area contributed by atoms with E-state index in [-0.39, 0.29) is 5.60 Å². The van der Waals surface area contributed by atoms with Crippen LogP contribution in [0.5, 0.6) is 0 Å². The summed E-state index contributed by atoms with van der Waals surface area (Å²) < 4.78 is 5.73. The minimum absolute atomic E-state index is 0.0990. The summed E-state index contributed by atoms with van der Waals surface area (Å²) in [5.74, 6) is 0.861. The van der Waals surface area contributed by atoms with E-state index >= 15 is 0 Å². The second-order valence-corrected chi connectivity index (χ2v) is 4.28. The van der Waals surface area contributed by atoms with Crippen LogP contribution in [0.3, 0.4) is 0 Å². The van der Waals surface area contributed by atoms with Crippen LogP contribution in [-0.2, 0) is 4.74 Å². The van der Waals surface area contributed by atoms with Crippen LogP contribution in [0, 0.1) is 0 Å². The van der Waals surface area contributed by atoms with Crippen molar-refractivity contribution in [1.82, 2.24) is 0 Å². The van der Waals surface area contributed by atoms with E-state index in [2.05, 4.69) is 26.5 Å². The zero-order chi connectivity index (χ0) is 11.5. The molecular formula is C13H19NO. The van der Waals surface area contributed by atoms with Gasteiger partial charge in [-0.1, -0.05) is 12.7 Å². The number of ether oxygens (including phenoxy) is 1. The minimum atomic E-state index is -0.0990. The fourth-order valence-corrected chi connectivity index (χ4v) is 1.29. The first-order valence-electron chi connectivity index (χ1n) is 5.13. The standard InChI is InChI=1S/C13H19NO/c1-5-11(14)7-6-10(2)12-8-9-13(3,4)15-12/h5-8H,2,9,14H2,1,3-4H3/b7-6-,11-5+. The van der Waals surface area contributed by atoms with Crippen molar-refractivity contribution in [3.8, 4) is 0 Å². The third-order valence-electron chi connectivity index (χ3n) is 2.29. The molecule has 2 nitrogen and oxygen atoms in total. The summed E-state index contributed by atoms with van der Waals surface area (Å²) in [6.45, 7) is 9.97. The Labute approximate surface area is 91.8 Å². The third-order valence-corrected chi connectivity index (χ3v) is 2.29. The van der Waals surface area contributed by atoms with Gasteiger partial charge in [-0.3, -0.25) is 0 Å². The van der Waals surface area contributed by atoms with E-state index in [4.69, 9.17) is 10.5 Å². The van der Waals surface area contributed by atoms with Crippen molar-refractivity contribution < 1.29 is 4.74 Å². The number of hydrogen-bond donors (Lipinski definition) is 1. The fraction of sp³-hybridized carbons (Fsp3) is 0.385. The van der Waals surface area contributed by atoms with E-state index in [1.807, 2.05) is 25.2 Å². The predicted octanol–water partition coefficient (Wildman–Crippen LogP) is 3.04. The Morgan fingerprint density at radius 1 is 1.53 bits per heavy atom. The van der Waals surface area contributed by atoms with Gasteiger partial charge in [-0.05, 0) is 39.0 Å². The predicted molar refractivity (Wildman–Crippen MR) is 64.1 cm³/mol. The van der Waals surface area contributed by atoms with Crippen molar-refractivity contribution in [1.29, 1.82) is 0 Å². The Morgan fingerprint density at radius 2 is 2.20 bits per heavy atom. The van der Waals surface area contributed by atoms with Crippen molar-refractivity contribution >= 4 is 0 Å². The maximum absolute atomic E-state index is 5.73. The maximum Gasteiger partial charge on any atom is 0.122 e. The lowest BCUT2D eigenvalue weighted by Gasteiger charge is -2.19. The highest BCUT2D eigenvalue weighted by molar-refractivity contribution is 5.38. The smallest absolute Gasteiger partial charge is 0.122 e. The summed E-state index contributed by atoms with van der Waals surface area (Å²) in [4.78, 5) is 0. The molecule has 0 saturated heterocycles. The van der Waals surface area contributed by atoms with Crippen molar-refractivity contribution in [2.75, 3.05) is 0 Å². The molecule has 0 radical (unpaired) electrons. The lowest BCUT2D eigenvalue weighted by Crippen LogP contribution is -2.17. The van der Waals surface area contributed by atoms with Gasteiger partial charge in [0.1, 0.15) is 11.4 Å². The molecule has 0 amide bonds. The van der Waals surface area contributed by atoms with Gasteiger partial charge in [0, 0.05) is 17.7 Å². The zero-order valence-electron chi connectivity index (χ0n) is 9.71. The average Bonchev–Trinajstić information content (AvgIpc) is 2.54. The van der Waals surface area contributed by atoms with E-state index in [0.717, 1.165) is 23.5 Å². The summed E-state index contributed by atoms with van der Waals surface area (Å²) in [7, 11) is 0. The molecular weight excluding hydrogens is 186 g/mol. The molecule has 0 atom stereocenters. The molecule has 82 valence electrons. The monoisotopic (exact) mass is 205 g/mol. The van der Waals surface area contributed by atoms with E-state index < -0.39 is 0 Å². The lowest BCUT2D eigenvalue weighted by atomic mass is 10.1. The summed E-state index contributed by atoms with van der Waals surface area (Å²) in [5.41, 5.74) is 7.14. The van der Waals surface area contributed by atoms with E-state index in [0.29, 0.717) is 0 Å². The highest BCUT2D eigenvalue weighted by Gasteiger charge is 2.26. The molecule has 1 heterocycles. The molecule has 2 N–H and O–H groups in total. The molecule has 0 spiro atoms. The molecule has 0 unspecified atom stereocenters. The highest BCUT2D eigenvalue weighted by Crippen LogP contribution is 2.30. The number of nitrogens with two attached hydrogens (primary N) is 1. The summed E-state index contributed by atoms with van der Waals surface area (Å²) >= 11 is 0. The maximum atomic E-state index is 5.73. The van der Waals surface area contributed by atoms with Gasteiger partial charge in [-0.25, -0.2) is 0 Å². The fourth-order valence-electron chi connectivity index (χ4n) is 1.29. The highest BCUT2D eigenvalue weighted by atomic mass is 16.5. The normalized spacial score (nSPS) is 20.2. The van der Waals surface area contributed by atoms with Crippen LogP contribution in [0.25, 0.3) is 0 Å². The van der Waals surface area contributed by atoms with Crippen LogP contribution in [0.2, 0.25) is 0 Å². The average molecular weight is 205 g/mol. The number of hydrogen-bond acceptors (Lipinski definition) is 2. The van der Waals surface area contributed by atoms with Gasteiger partial charge in [0.15, 0.2) is 0 Å². The summed E-state index contributed by atoms with van der Waals surface area (Å²) in [6, 6.07) is 0. The molecule has 0 aromatic heterocycles. The number of rotatable bonds is 3. The van der Waals surface area contributed by atoms with E-state index in [1.54, 1.807) is 0 Å². The summed E-state index contributed by atoms with van der Waals surface area (Å²) in [6.07, 6.45) is 8.55. The Kier molecular flexibility index (Phi) is 3.40. The Morgan fingerprint density at radius 3 is 2.67 bits per heavy atom. The first-order chi connectivity index (χ1) is 6.94. The van der Waals surface area contributed by atoms with Gasteiger partial charge in [0.05, 0.1) is 0 Å². The molecule has 0 fully saturated rings. The SMILES string of the molecule is C=C(/C=C\C(N)=C/C)C1=CCC(C)(C)O1.